The molecule has 0 spiro atoms. The SMILES string of the molecule is O=C([O-])c1ccccc1Nc1ccnc(N2CCCC2)n1. The molecule has 0 atom stereocenters. The third-order valence-corrected chi connectivity index (χ3v) is 3.44. The quantitative estimate of drug-likeness (QED) is 0.907. The molecule has 1 aliphatic rings. The molecule has 108 valence electrons. The van der Waals surface area contributed by atoms with E-state index in [1.165, 1.54) is 6.07 Å². The molecule has 0 bridgehead atoms. The van der Waals surface area contributed by atoms with Crippen LogP contribution in [0.25, 0.3) is 0 Å². The van der Waals surface area contributed by atoms with Crippen molar-refractivity contribution in [1.82, 2.24) is 9.97 Å². The predicted octanol–water partition coefficient (Wildman–Crippen LogP) is 1.18. The van der Waals surface area contributed by atoms with Crippen molar-refractivity contribution >= 4 is 23.4 Å². The number of carbonyl (C=O) groups is 1. The van der Waals surface area contributed by atoms with E-state index in [-0.39, 0.29) is 5.56 Å². The molecule has 3 rings (SSSR count). The summed E-state index contributed by atoms with van der Waals surface area (Å²) in [4.78, 5) is 21.9. The fraction of sp³-hybridized carbons (Fsp3) is 0.267. The van der Waals surface area contributed by atoms with Crippen molar-refractivity contribution in [2.24, 2.45) is 0 Å². The van der Waals surface area contributed by atoms with E-state index in [1.807, 2.05) is 0 Å². The van der Waals surface area contributed by atoms with Crippen LogP contribution in [-0.4, -0.2) is 29.0 Å². The van der Waals surface area contributed by atoms with Gasteiger partial charge in [-0.1, -0.05) is 18.2 Å². The Kier molecular flexibility index (Phi) is 3.68. The van der Waals surface area contributed by atoms with Crippen LogP contribution in [0.1, 0.15) is 23.2 Å². The van der Waals surface area contributed by atoms with Crippen molar-refractivity contribution < 1.29 is 9.90 Å². The highest BCUT2D eigenvalue weighted by Gasteiger charge is 2.15. The van der Waals surface area contributed by atoms with Crippen molar-refractivity contribution in [3.8, 4) is 0 Å². The van der Waals surface area contributed by atoms with Gasteiger partial charge < -0.3 is 20.1 Å². The van der Waals surface area contributed by atoms with Crippen molar-refractivity contribution in [2.45, 2.75) is 12.8 Å². The molecule has 2 aromatic rings. The summed E-state index contributed by atoms with van der Waals surface area (Å²) in [7, 11) is 0. The number of rotatable bonds is 4. The Morgan fingerprint density at radius 1 is 1.19 bits per heavy atom. The summed E-state index contributed by atoms with van der Waals surface area (Å²) in [6, 6.07) is 8.32. The van der Waals surface area contributed by atoms with E-state index in [9.17, 15) is 9.90 Å². The summed E-state index contributed by atoms with van der Waals surface area (Å²) in [6.07, 6.45) is 3.97. The number of carbonyl (C=O) groups excluding carboxylic acids is 1. The number of nitrogens with zero attached hydrogens (tertiary/aromatic N) is 3. The van der Waals surface area contributed by atoms with Crippen molar-refractivity contribution in [3.05, 3.63) is 42.1 Å². The van der Waals surface area contributed by atoms with E-state index in [2.05, 4.69) is 20.2 Å². The normalized spacial score (nSPS) is 14.2. The molecule has 1 aliphatic heterocycles. The van der Waals surface area contributed by atoms with Crippen LogP contribution in [0.2, 0.25) is 0 Å². The van der Waals surface area contributed by atoms with Crippen LogP contribution in [-0.2, 0) is 0 Å². The highest BCUT2D eigenvalue weighted by Crippen LogP contribution is 2.21. The molecule has 6 heteroatoms. The van der Waals surface area contributed by atoms with Gasteiger partial charge in [-0.15, -0.1) is 0 Å². The standard InChI is InChI=1S/C15H16N4O2/c20-14(21)11-5-1-2-6-12(11)17-13-7-8-16-15(18-13)19-9-3-4-10-19/h1-2,5-8H,3-4,9-10H2,(H,20,21)(H,16,17,18)/p-1. The third kappa shape index (κ3) is 2.94. The Morgan fingerprint density at radius 2 is 1.95 bits per heavy atom. The lowest BCUT2D eigenvalue weighted by Gasteiger charge is -2.16. The largest absolute Gasteiger partial charge is 0.545 e. The zero-order valence-electron chi connectivity index (χ0n) is 11.5. The van der Waals surface area contributed by atoms with Crippen LogP contribution < -0.4 is 15.3 Å². The van der Waals surface area contributed by atoms with Crippen LogP contribution in [0.5, 0.6) is 0 Å². The van der Waals surface area contributed by atoms with Gasteiger partial charge in [0.25, 0.3) is 0 Å². The van der Waals surface area contributed by atoms with E-state index < -0.39 is 5.97 Å². The van der Waals surface area contributed by atoms with E-state index >= 15 is 0 Å². The summed E-state index contributed by atoms with van der Waals surface area (Å²) in [5, 5.41) is 14.1. The molecular formula is C15H15N4O2-. The van der Waals surface area contributed by atoms with Gasteiger partial charge in [0.05, 0.1) is 5.97 Å². The molecule has 0 unspecified atom stereocenters. The van der Waals surface area contributed by atoms with Crippen LogP contribution in [0.4, 0.5) is 17.5 Å². The summed E-state index contributed by atoms with van der Waals surface area (Å²) in [5.74, 6) is 0.0240. The molecule has 21 heavy (non-hydrogen) atoms. The second-order valence-corrected chi connectivity index (χ2v) is 4.89. The van der Waals surface area contributed by atoms with Crippen LogP contribution >= 0.6 is 0 Å². The minimum Gasteiger partial charge on any atom is -0.545 e. The predicted molar refractivity (Wildman–Crippen MR) is 77.5 cm³/mol. The Labute approximate surface area is 122 Å². The smallest absolute Gasteiger partial charge is 0.227 e. The number of hydrogen-bond acceptors (Lipinski definition) is 6. The van der Waals surface area contributed by atoms with E-state index in [0.717, 1.165) is 25.9 Å². The number of anilines is 3. The van der Waals surface area contributed by atoms with Crippen molar-refractivity contribution in [1.29, 1.82) is 0 Å². The van der Waals surface area contributed by atoms with E-state index in [4.69, 9.17) is 0 Å². The van der Waals surface area contributed by atoms with Gasteiger partial charge in [-0.25, -0.2) is 4.98 Å². The number of hydrogen-bond donors (Lipinski definition) is 1. The van der Waals surface area contributed by atoms with Gasteiger partial charge >= 0.3 is 0 Å². The maximum Gasteiger partial charge on any atom is 0.227 e. The molecule has 1 aromatic carbocycles. The molecule has 0 saturated carbocycles. The highest BCUT2D eigenvalue weighted by atomic mass is 16.4. The highest BCUT2D eigenvalue weighted by molar-refractivity contribution is 5.93. The zero-order chi connectivity index (χ0) is 14.7. The fourth-order valence-corrected chi connectivity index (χ4v) is 2.40. The Bertz CT molecular complexity index is 654. The molecule has 1 N–H and O–H groups in total. The molecule has 1 aromatic heterocycles. The number of carboxylic acid groups (broad SMARTS) is 1. The number of aromatic nitrogens is 2. The number of benzene rings is 1. The first-order chi connectivity index (χ1) is 10.2. The second kappa shape index (κ2) is 5.78. The zero-order valence-corrected chi connectivity index (χ0v) is 11.5. The van der Waals surface area contributed by atoms with E-state index in [0.29, 0.717) is 17.5 Å². The lowest BCUT2D eigenvalue weighted by Crippen LogP contribution is -2.23. The van der Waals surface area contributed by atoms with Gasteiger partial charge in [0.15, 0.2) is 0 Å². The maximum atomic E-state index is 11.1. The first kappa shape index (κ1) is 13.4. The molecule has 0 amide bonds. The molecule has 0 radical (unpaired) electrons. The van der Waals surface area contributed by atoms with Gasteiger partial charge in [0.2, 0.25) is 5.95 Å². The second-order valence-electron chi connectivity index (χ2n) is 4.89. The summed E-state index contributed by atoms with van der Waals surface area (Å²) < 4.78 is 0. The number of carboxylic acids is 1. The molecule has 1 saturated heterocycles. The minimum atomic E-state index is -1.22. The van der Waals surface area contributed by atoms with Crippen LogP contribution in [0, 0.1) is 0 Å². The lowest BCUT2D eigenvalue weighted by atomic mass is 10.2. The first-order valence-corrected chi connectivity index (χ1v) is 6.89. The van der Waals surface area contributed by atoms with E-state index in [1.54, 1.807) is 30.5 Å². The molecule has 2 heterocycles. The van der Waals surface area contributed by atoms with Gasteiger partial charge in [-0.2, -0.15) is 4.98 Å². The van der Waals surface area contributed by atoms with Crippen LogP contribution in [0.15, 0.2) is 36.5 Å². The first-order valence-electron chi connectivity index (χ1n) is 6.89. The average Bonchev–Trinajstić information content (AvgIpc) is 3.02. The Balaban J connectivity index is 1.85. The van der Waals surface area contributed by atoms with Gasteiger partial charge in [0, 0.05) is 30.5 Å². The van der Waals surface area contributed by atoms with Gasteiger partial charge in [-0.3, -0.25) is 0 Å². The maximum absolute atomic E-state index is 11.1. The number of para-hydroxylation sites is 1. The van der Waals surface area contributed by atoms with Crippen molar-refractivity contribution in [3.63, 3.8) is 0 Å². The summed E-state index contributed by atoms with van der Waals surface area (Å²) in [5.41, 5.74) is 0.572. The lowest BCUT2D eigenvalue weighted by molar-refractivity contribution is -0.254. The number of nitrogens with one attached hydrogen (secondary N) is 1. The third-order valence-electron chi connectivity index (χ3n) is 3.44. The Morgan fingerprint density at radius 3 is 2.71 bits per heavy atom. The molecular weight excluding hydrogens is 268 g/mol. The van der Waals surface area contributed by atoms with Crippen molar-refractivity contribution in [2.75, 3.05) is 23.3 Å². The average molecular weight is 283 g/mol. The molecule has 6 nitrogen and oxygen atoms in total. The summed E-state index contributed by atoms with van der Waals surface area (Å²) in [6.45, 7) is 1.91. The summed E-state index contributed by atoms with van der Waals surface area (Å²) >= 11 is 0. The van der Waals surface area contributed by atoms with Crippen LogP contribution in [0.3, 0.4) is 0 Å². The van der Waals surface area contributed by atoms with Gasteiger partial charge in [-0.05, 0) is 25.0 Å². The molecule has 1 fully saturated rings. The fourth-order valence-electron chi connectivity index (χ4n) is 2.40. The monoisotopic (exact) mass is 283 g/mol. The number of aromatic carboxylic acids is 1. The Hall–Kier alpha value is -2.63. The molecule has 0 aliphatic carbocycles. The topological polar surface area (TPSA) is 81.2 Å². The minimum absolute atomic E-state index is 0.110. The van der Waals surface area contributed by atoms with Gasteiger partial charge in [0.1, 0.15) is 5.82 Å².